The Labute approximate surface area is 180 Å². The minimum Gasteiger partial charge on any atom is -0.423 e. The molecule has 0 saturated carbocycles. The fourth-order valence-electron chi connectivity index (χ4n) is 3.58. The first-order valence-electron chi connectivity index (χ1n) is 9.77. The summed E-state index contributed by atoms with van der Waals surface area (Å²) < 4.78 is 6.72. The van der Waals surface area contributed by atoms with Crippen molar-refractivity contribution >= 4 is 38.7 Å². The lowest BCUT2D eigenvalue weighted by Crippen LogP contribution is -2.06. The Hall–Kier alpha value is -3.50. The summed E-state index contributed by atoms with van der Waals surface area (Å²) in [4.78, 5) is 16.4. The van der Waals surface area contributed by atoms with Crippen LogP contribution in [0, 0.1) is 0 Å². The molecule has 0 aliphatic rings. The Morgan fingerprint density at radius 2 is 1.80 bits per heavy atom. The van der Waals surface area contributed by atoms with Crippen molar-refractivity contribution in [2.75, 3.05) is 0 Å². The van der Waals surface area contributed by atoms with E-state index in [0.717, 1.165) is 38.9 Å². The fourth-order valence-corrected chi connectivity index (χ4v) is 4.30. The van der Waals surface area contributed by atoms with E-state index in [0.29, 0.717) is 5.75 Å². The van der Waals surface area contributed by atoms with Crippen LogP contribution >= 0.6 is 11.3 Å². The Morgan fingerprint density at radius 3 is 2.57 bits per heavy atom. The molecule has 4 rings (SSSR count). The lowest BCUT2D eigenvalue weighted by molar-refractivity contribution is -0.128. The zero-order chi connectivity index (χ0) is 20.9. The number of aromatic nitrogens is 1. The number of esters is 1. The van der Waals surface area contributed by atoms with E-state index in [1.807, 2.05) is 54.0 Å². The summed E-state index contributed by atoms with van der Waals surface area (Å²) in [7, 11) is 0. The second-order valence-corrected chi connectivity index (χ2v) is 7.62. The predicted octanol–water partition coefficient (Wildman–Crippen LogP) is 6.76. The van der Waals surface area contributed by atoms with Crippen LogP contribution in [-0.2, 0) is 4.79 Å². The first kappa shape index (κ1) is 19.8. The van der Waals surface area contributed by atoms with E-state index < -0.39 is 5.97 Å². The van der Waals surface area contributed by atoms with Crippen molar-refractivity contribution in [3.05, 3.63) is 108 Å². The Morgan fingerprint density at radius 1 is 1.03 bits per heavy atom. The number of nitrogens with zero attached hydrogens (tertiary/aromatic N) is 1. The van der Waals surface area contributed by atoms with E-state index in [1.54, 1.807) is 11.3 Å². The molecule has 3 nitrogen and oxygen atoms in total. The number of allylic oxidation sites excluding steroid dienone is 1. The summed E-state index contributed by atoms with van der Waals surface area (Å²) in [6, 6.07) is 24.3. The number of benzene rings is 3. The van der Waals surface area contributed by atoms with Crippen molar-refractivity contribution in [2.24, 2.45) is 0 Å². The average molecular weight is 412 g/mol. The minimum atomic E-state index is -0.475. The van der Waals surface area contributed by atoms with Gasteiger partial charge in [0.2, 0.25) is 0 Å². The van der Waals surface area contributed by atoms with E-state index in [1.165, 1.54) is 11.6 Å². The van der Waals surface area contributed by atoms with Gasteiger partial charge in [-0.3, -0.25) is 0 Å². The molecule has 0 fully saturated rings. The van der Waals surface area contributed by atoms with Crippen LogP contribution < -0.4 is 4.74 Å². The Balaban J connectivity index is 2.01. The molecule has 0 N–H and O–H groups in total. The molecule has 0 radical (unpaired) electrons. The molecule has 0 aliphatic carbocycles. The average Bonchev–Trinajstić information content (AvgIpc) is 3.26. The second kappa shape index (κ2) is 8.89. The van der Waals surface area contributed by atoms with Crippen molar-refractivity contribution in [3.8, 4) is 5.75 Å². The van der Waals surface area contributed by atoms with Gasteiger partial charge in [0.25, 0.3) is 0 Å². The molecule has 1 heterocycles. The third kappa shape index (κ3) is 3.95. The summed E-state index contributed by atoms with van der Waals surface area (Å²) >= 11 is 1.62. The van der Waals surface area contributed by atoms with Gasteiger partial charge in [0.15, 0.2) is 0 Å². The van der Waals surface area contributed by atoms with Gasteiger partial charge in [0.05, 0.1) is 15.7 Å². The highest BCUT2D eigenvalue weighted by atomic mass is 32.1. The zero-order valence-electron chi connectivity index (χ0n) is 16.7. The first-order valence-corrected chi connectivity index (χ1v) is 10.6. The molecule has 148 valence electrons. The van der Waals surface area contributed by atoms with Gasteiger partial charge in [0, 0.05) is 11.6 Å². The lowest BCUT2D eigenvalue weighted by Gasteiger charge is -2.18. The minimum absolute atomic E-state index is 0.475. The Bertz CT molecular complexity index is 1240. The van der Waals surface area contributed by atoms with Gasteiger partial charge in [-0.15, -0.1) is 11.3 Å². The third-order valence-electron chi connectivity index (χ3n) is 4.93. The number of carbonyl (C=O) groups is 1. The number of rotatable bonds is 6. The zero-order valence-corrected chi connectivity index (χ0v) is 17.5. The number of ether oxygens (including phenoxy) is 1. The van der Waals surface area contributed by atoms with Gasteiger partial charge in [-0.1, -0.05) is 68.1 Å². The summed E-state index contributed by atoms with van der Waals surface area (Å²) in [5.41, 5.74) is 8.14. The molecular formula is C26H21NO2S. The number of para-hydroxylation sites is 1. The number of thiazole rings is 1. The molecule has 4 heteroatoms. The summed E-state index contributed by atoms with van der Waals surface area (Å²) in [6.07, 6.45) is 2.01. The highest BCUT2D eigenvalue weighted by Gasteiger charge is 2.18. The largest absolute Gasteiger partial charge is 0.423 e. The van der Waals surface area contributed by atoms with Crippen molar-refractivity contribution in [1.29, 1.82) is 0 Å². The van der Waals surface area contributed by atoms with Crippen LogP contribution in [0.5, 0.6) is 5.75 Å². The lowest BCUT2D eigenvalue weighted by atomic mass is 9.87. The molecule has 1 aromatic heterocycles. The van der Waals surface area contributed by atoms with Crippen molar-refractivity contribution in [2.45, 2.75) is 13.3 Å². The Kier molecular flexibility index (Phi) is 5.87. The van der Waals surface area contributed by atoms with Crippen molar-refractivity contribution < 1.29 is 9.53 Å². The smallest absolute Gasteiger partial charge is 0.335 e. The van der Waals surface area contributed by atoms with Crippen molar-refractivity contribution in [1.82, 2.24) is 4.98 Å². The van der Waals surface area contributed by atoms with E-state index >= 15 is 0 Å². The van der Waals surface area contributed by atoms with Gasteiger partial charge in [-0.25, -0.2) is 9.78 Å². The van der Waals surface area contributed by atoms with E-state index in [4.69, 9.17) is 4.74 Å². The number of hydrogen-bond donors (Lipinski definition) is 0. The number of hydrogen-bond acceptors (Lipinski definition) is 4. The number of carbonyl (C=O) groups excluding carboxylic acids is 1. The SMILES string of the molecule is C=CC(=O)Oc1ccccc1/C(=C(\CC)c1ccccc1)c1ccc2ncsc2c1. The molecule has 0 spiro atoms. The third-order valence-corrected chi connectivity index (χ3v) is 5.72. The van der Waals surface area contributed by atoms with Gasteiger partial charge in [0.1, 0.15) is 5.75 Å². The summed E-state index contributed by atoms with van der Waals surface area (Å²) in [5.74, 6) is 0.0427. The maximum Gasteiger partial charge on any atom is 0.335 e. The van der Waals surface area contributed by atoms with Crippen LogP contribution in [0.2, 0.25) is 0 Å². The maximum atomic E-state index is 12.0. The fraction of sp³-hybridized carbons (Fsp3) is 0.0769. The maximum absolute atomic E-state index is 12.0. The van der Waals surface area contributed by atoms with Gasteiger partial charge in [-0.05, 0) is 46.9 Å². The molecule has 3 aromatic carbocycles. The monoisotopic (exact) mass is 411 g/mol. The molecule has 0 bridgehead atoms. The molecule has 0 amide bonds. The quantitative estimate of drug-likeness (QED) is 0.152. The molecule has 4 aromatic rings. The summed E-state index contributed by atoms with van der Waals surface area (Å²) in [5, 5.41) is 0. The highest BCUT2D eigenvalue weighted by molar-refractivity contribution is 7.16. The highest BCUT2D eigenvalue weighted by Crippen LogP contribution is 2.39. The second-order valence-electron chi connectivity index (χ2n) is 6.73. The molecule has 0 saturated heterocycles. The van der Waals surface area contributed by atoms with Crippen LogP contribution in [-0.4, -0.2) is 11.0 Å². The van der Waals surface area contributed by atoms with Gasteiger partial charge >= 0.3 is 5.97 Å². The van der Waals surface area contributed by atoms with E-state index in [9.17, 15) is 4.79 Å². The number of fused-ring (bicyclic) bond motifs is 1. The molecular weight excluding hydrogens is 390 g/mol. The topological polar surface area (TPSA) is 39.2 Å². The molecule has 0 aliphatic heterocycles. The molecule has 30 heavy (non-hydrogen) atoms. The summed E-state index contributed by atoms with van der Waals surface area (Å²) in [6.45, 7) is 5.67. The van der Waals surface area contributed by atoms with Gasteiger partial charge < -0.3 is 4.74 Å². The van der Waals surface area contributed by atoms with Crippen LogP contribution in [0.3, 0.4) is 0 Å². The molecule has 0 atom stereocenters. The van der Waals surface area contributed by atoms with E-state index in [-0.39, 0.29) is 0 Å². The standard InChI is InChI=1S/C26H21NO2S/c1-3-20(18-10-6-5-7-11-18)26(19-14-15-22-24(16-19)30-17-27-22)21-12-8-9-13-23(21)29-25(28)4-2/h4-17H,2-3H2,1H3/b26-20+. The predicted molar refractivity (Wildman–Crippen MR) is 125 cm³/mol. The van der Waals surface area contributed by atoms with Crippen LogP contribution in [0.4, 0.5) is 0 Å². The van der Waals surface area contributed by atoms with Gasteiger partial charge in [-0.2, -0.15) is 0 Å². The van der Waals surface area contributed by atoms with E-state index in [2.05, 4.69) is 42.8 Å². The van der Waals surface area contributed by atoms with Crippen LogP contribution in [0.25, 0.3) is 21.4 Å². The first-order chi connectivity index (χ1) is 14.7. The molecule has 0 unspecified atom stereocenters. The van der Waals surface area contributed by atoms with Crippen LogP contribution in [0.1, 0.15) is 30.0 Å². The van der Waals surface area contributed by atoms with Crippen molar-refractivity contribution in [3.63, 3.8) is 0 Å². The normalized spacial score (nSPS) is 11.8. The van der Waals surface area contributed by atoms with Crippen LogP contribution in [0.15, 0.2) is 91.0 Å².